The van der Waals surface area contributed by atoms with Crippen molar-refractivity contribution in [1.82, 2.24) is 4.90 Å². The van der Waals surface area contributed by atoms with Crippen molar-refractivity contribution in [3.63, 3.8) is 0 Å². The topological polar surface area (TPSA) is 83.6 Å². The van der Waals surface area contributed by atoms with Gasteiger partial charge in [-0.1, -0.05) is 13.8 Å². The summed E-state index contributed by atoms with van der Waals surface area (Å²) in [6.07, 6.45) is 0.406. The molecule has 1 aliphatic rings. The normalized spacial score (nSPS) is 21.8. The van der Waals surface area contributed by atoms with Crippen LogP contribution in [0.1, 0.15) is 30.6 Å². The molecule has 1 amide bonds. The number of carbonyl (C=O) groups is 2. The van der Waals surface area contributed by atoms with E-state index in [0.717, 1.165) is 6.07 Å². The van der Waals surface area contributed by atoms with E-state index in [9.17, 15) is 19.1 Å². The van der Waals surface area contributed by atoms with Crippen LogP contribution in [0.4, 0.5) is 10.1 Å². The lowest BCUT2D eigenvalue weighted by Crippen LogP contribution is -2.40. The van der Waals surface area contributed by atoms with Crippen LogP contribution in [0.25, 0.3) is 0 Å². The molecule has 0 spiro atoms. The Kier molecular flexibility index (Phi) is 3.89. The first kappa shape index (κ1) is 15.3. The minimum absolute atomic E-state index is 0.0185. The fourth-order valence-electron chi connectivity index (χ4n) is 2.74. The van der Waals surface area contributed by atoms with Gasteiger partial charge in [0.25, 0.3) is 5.91 Å². The van der Waals surface area contributed by atoms with Crippen molar-refractivity contribution in [1.29, 1.82) is 0 Å². The third-order valence-electron chi connectivity index (χ3n) is 4.37. The van der Waals surface area contributed by atoms with Crippen molar-refractivity contribution in [3.8, 4) is 0 Å². The molecule has 0 aliphatic carbocycles. The maximum atomic E-state index is 13.4. The number of aliphatic carboxylic acids is 1. The number of hydrogen-bond donors (Lipinski definition) is 2. The first-order chi connectivity index (χ1) is 9.78. The second-order valence-electron chi connectivity index (χ2n) is 5.83. The summed E-state index contributed by atoms with van der Waals surface area (Å²) in [5.74, 6) is -1.99. The number of carbonyl (C=O) groups excluding carboxylic acids is 1. The zero-order valence-electron chi connectivity index (χ0n) is 12.1. The second-order valence-corrected chi connectivity index (χ2v) is 5.83. The van der Waals surface area contributed by atoms with Crippen molar-refractivity contribution < 1.29 is 19.1 Å². The summed E-state index contributed by atoms with van der Waals surface area (Å²) in [4.78, 5) is 25.4. The van der Waals surface area contributed by atoms with E-state index in [0.29, 0.717) is 13.0 Å². The highest BCUT2D eigenvalue weighted by atomic mass is 19.1. The summed E-state index contributed by atoms with van der Waals surface area (Å²) in [5, 5.41) is 9.47. The molecule has 1 aliphatic heterocycles. The number of rotatable bonds is 3. The second kappa shape index (κ2) is 5.35. The smallest absolute Gasteiger partial charge is 0.311 e. The number of hydrogen-bond acceptors (Lipinski definition) is 3. The van der Waals surface area contributed by atoms with E-state index >= 15 is 0 Å². The molecule has 0 bridgehead atoms. The van der Waals surface area contributed by atoms with Crippen molar-refractivity contribution in [2.24, 2.45) is 11.3 Å². The Labute approximate surface area is 122 Å². The predicted molar refractivity (Wildman–Crippen MR) is 76.2 cm³/mol. The van der Waals surface area contributed by atoms with Crippen LogP contribution in [0.5, 0.6) is 0 Å². The number of carboxylic acids is 1. The standard InChI is InChI=1S/C15H19FN2O3/c1-9(2)15(14(20)21)5-6-18(8-15)13(19)10-3-4-12(17)11(16)7-10/h3-4,7,9H,5-6,8,17H2,1-2H3,(H,20,21). The van der Waals surface area contributed by atoms with Gasteiger partial charge in [0.15, 0.2) is 0 Å². The number of nitrogens with zero attached hydrogens (tertiary/aromatic N) is 1. The molecule has 1 atom stereocenters. The average molecular weight is 294 g/mol. The zero-order valence-corrected chi connectivity index (χ0v) is 12.1. The van der Waals surface area contributed by atoms with Gasteiger partial charge in [0, 0.05) is 18.7 Å². The number of amides is 1. The fourth-order valence-corrected chi connectivity index (χ4v) is 2.74. The average Bonchev–Trinajstić information content (AvgIpc) is 2.87. The Morgan fingerprint density at radius 1 is 1.43 bits per heavy atom. The van der Waals surface area contributed by atoms with Gasteiger partial charge in [0.1, 0.15) is 5.82 Å². The number of benzene rings is 1. The molecular formula is C15H19FN2O3. The molecule has 1 aromatic rings. The molecule has 0 aromatic heterocycles. The highest BCUT2D eigenvalue weighted by Crippen LogP contribution is 2.38. The highest BCUT2D eigenvalue weighted by Gasteiger charge is 2.48. The maximum absolute atomic E-state index is 13.4. The molecule has 1 unspecified atom stereocenters. The van der Waals surface area contributed by atoms with Crippen molar-refractivity contribution in [2.75, 3.05) is 18.8 Å². The predicted octanol–water partition coefficient (Wildman–Crippen LogP) is 1.98. The van der Waals surface area contributed by atoms with Crippen LogP contribution in [0.2, 0.25) is 0 Å². The van der Waals surface area contributed by atoms with Crippen molar-refractivity contribution >= 4 is 17.6 Å². The summed E-state index contributed by atoms with van der Waals surface area (Å²) in [5.41, 5.74) is 4.63. The minimum atomic E-state index is -0.929. The number of anilines is 1. The monoisotopic (exact) mass is 294 g/mol. The van der Waals surface area contributed by atoms with E-state index in [1.807, 2.05) is 13.8 Å². The molecule has 1 fully saturated rings. The van der Waals surface area contributed by atoms with E-state index < -0.39 is 17.2 Å². The molecule has 1 saturated heterocycles. The summed E-state index contributed by atoms with van der Waals surface area (Å²) in [7, 11) is 0. The molecule has 1 aromatic carbocycles. The fraction of sp³-hybridized carbons (Fsp3) is 0.467. The van der Waals surface area contributed by atoms with Gasteiger partial charge in [-0.25, -0.2) is 4.39 Å². The largest absolute Gasteiger partial charge is 0.481 e. The Morgan fingerprint density at radius 3 is 2.57 bits per heavy atom. The van der Waals surface area contributed by atoms with E-state index in [1.165, 1.54) is 17.0 Å². The first-order valence-corrected chi connectivity index (χ1v) is 6.85. The highest BCUT2D eigenvalue weighted by molar-refractivity contribution is 5.95. The van der Waals surface area contributed by atoms with E-state index in [-0.39, 0.29) is 29.6 Å². The van der Waals surface area contributed by atoms with Crippen LogP contribution in [0.15, 0.2) is 18.2 Å². The maximum Gasteiger partial charge on any atom is 0.311 e. The van der Waals surface area contributed by atoms with Gasteiger partial charge in [-0.2, -0.15) is 0 Å². The molecular weight excluding hydrogens is 275 g/mol. The molecule has 0 saturated carbocycles. The van der Waals surface area contributed by atoms with E-state index in [4.69, 9.17) is 5.73 Å². The third kappa shape index (κ3) is 2.57. The third-order valence-corrected chi connectivity index (χ3v) is 4.37. The first-order valence-electron chi connectivity index (χ1n) is 6.85. The Morgan fingerprint density at radius 2 is 2.10 bits per heavy atom. The molecule has 6 heteroatoms. The molecule has 2 rings (SSSR count). The van der Waals surface area contributed by atoms with Gasteiger partial charge in [-0.15, -0.1) is 0 Å². The van der Waals surface area contributed by atoms with Gasteiger partial charge in [0.2, 0.25) is 0 Å². The molecule has 114 valence electrons. The summed E-state index contributed by atoms with van der Waals surface area (Å²) in [6, 6.07) is 3.89. The van der Waals surface area contributed by atoms with Crippen LogP contribution in [0.3, 0.4) is 0 Å². The van der Waals surface area contributed by atoms with Crippen molar-refractivity contribution in [3.05, 3.63) is 29.6 Å². The van der Waals surface area contributed by atoms with Crippen LogP contribution in [-0.4, -0.2) is 35.0 Å². The molecule has 21 heavy (non-hydrogen) atoms. The van der Waals surface area contributed by atoms with Crippen LogP contribution in [-0.2, 0) is 4.79 Å². The lowest BCUT2D eigenvalue weighted by Gasteiger charge is -2.28. The number of halogens is 1. The number of nitrogen functional groups attached to an aromatic ring is 1. The molecule has 0 radical (unpaired) electrons. The van der Waals surface area contributed by atoms with Gasteiger partial charge in [-0.05, 0) is 30.5 Å². The SMILES string of the molecule is CC(C)C1(C(=O)O)CCN(C(=O)c2ccc(N)c(F)c2)C1. The Hall–Kier alpha value is -2.11. The summed E-state index contributed by atoms with van der Waals surface area (Å²) >= 11 is 0. The van der Waals surface area contributed by atoms with Crippen molar-refractivity contribution in [2.45, 2.75) is 20.3 Å². The quantitative estimate of drug-likeness (QED) is 0.835. The summed E-state index contributed by atoms with van der Waals surface area (Å²) in [6.45, 7) is 4.18. The molecule has 3 N–H and O–H groups in total. The Bertz CT molecular complexity index is 588. The van der Waals surface area contributed by atoms with Crippen LogP contribution >= 0.6 is 0 Å². The lowest BCUT2D eigenvalue weighted by molar-refractivity contribution is -0.150. The van der Waals surface area contributed by atoms with Gasteiger partial charge in [0.05, 0.1) is 11.1 Å². The minimum Gasteiger partial charge on any atom is -0.481 e. The van der Waals surface area contributed by atoms with E-state index in [2.05, 4.69) is 0 Å². The van der Waals surface area contributed by atoms with E-state index in [1.54, 1.807) is 0 Å². The number of carboxylic acid groups (broad SMARTS) is 1. The summed E-state index contributed by atoms with van der Waals surface area (Å²) < 4.78 is 13.4. The molecule has 1 heterocycles. The van der Waals surface area contributed by atoms with Gasteiger partial charge >= 0.3 is 5.97 Å². The van der Waals surface area contributed by atoms with Crippen LogP contribution in [0, 0.1) is 17.2 Å². The zero-order chi connectivity index (χ0) is 15.8. The molecule has 5 nitrogen and oxygen atoms in total. The Balaban J connectivity index is 2.22. The van der Waals surface area contributed by atoms with Gasteiger partial charge < -0.3 is 15.7 Å². The number of nitrogens with two attached hydrogens (primary N) is 1. The van der Waals surface area contributed by atoms with Gasteiger partial charge in [-0.3, -0.25) is 9.59 Å². The van der Waals surface area contributed by atoms with Crippen LogP contribution < -0.4 is 5.73 Å². The lowest BCUT2D eigenvalue weighted by atomic mass is 9.76. The number of likely N-dealkylation sites (tertiary alicyclic amines) is 1.